The summed E-state index contributed by atoms with van der Waals surface area (Å²) < 4.78 is 13.4. The van der Waals surface area contributed by atoms with Crippen molar-refractivity contribution in [1.82, 2.24) is 10.2 Å². The fourth-order valence-corrected chi connectivity index (χ4v) is 3.75. The van der Waals surface area contributed by atoms with Gasteiger partial charge < -0.3 is 10.6 Å². The highest BCUT2D eigenvalue weighted by Crippen LogP contribution is 2.25. The largest absolute Gasteiger partial charge is 0.341 e. The van der Waals surface area contributed by atoms with Crippen LogP contribution in [0.2, 0.25) is 0 Å². The van der Waals surface area contributed by atoms with Gasteiger partial charge in [0.15, 0.2) is 0 Å². The molecule has 0 bridgehead atoms. The minimum absolute atomic E-state index is 0.152. The Balaban J connectivity index is 1.57. The second-order valence-electron chi connectivity index (χ2n) is 7.42. The van der Waals surface area contributed by atoms with E-state index in [0.717, 1.165) is 55.7 Å². The Bertz CT molecular complexity index is 785. The van der Waals surface area contributed by atoms with Gasteiger partial charge in [-0.15, -0.1) is 0 Å². The molecule has 3 rings (SSSR count). The monoisotopic (exact) mass is 369 g/mol. The van der Waals surface area contributed by atoms with E-state index in [1.807, 2.05) is 18.2 Å². The summed E-state index contributed by atoms with van der Waals surface area (Å²) >= 11 is 0. The molecule has 1 aliphatic heterocycles. The molecule has 144 valence electrons. The first-order valence-corrected chi connectivity index (χ1v) is 9.58. The first kappa shape index (κ1) is 19.4. The predicted octanol–water partition coefficient (Wildman–Crippen LogP) is 4.34. The molecule has 0 unspecified atom stereocenters. The molecule has 0 atom stereocenters. The maximum atomic E-state index is 13.4. The summed E-state index contributed by atoms with van der Waals surface area (Å²) in [7, 11) is 1.62. The van der Waals surface area contributed by atoms with Crippen LogP contribution in [0.25, 0.3) is 0 Å². The Morgan fingerprint density at radius 2 is 1.96 bits per heavy atom. The number of amides is 2. The second kappa shape index (κ2) is 9.00. The molecular formula is C22H28FN3O. The average molecular weight is 369 g/mol. The molecule has 2 aromatic rings. The number of hydrogen-bond donors (Lipinski definition) is 2. The van der Waals surface area contributed by atoms with Gasteiger partial charge in [-0.2, -0.15) is 0 Å². The number of likely N-dealkylation sites (tertiary alicyclic amines) is 1. The lowest BCUT2D eigenvalue weighted by Gasteiger charge is -2.32. The van der Waals surface area contributed by atoms with E-state index in [1.165, 1.54) is 11.6 Å². The Kier molecular flexibility index (Phi) is 6.45. The number of carbonyl (C=O) groups is 1. The normalized spacial score (nSPS) is 15.5. The number of nitrogens with one attached hydrogen (secondary N) is 2. The van der Waals surface area contributed by atoms with E-state index in [4.69, 9.17) is 0 Å². The lowest BCUT2D eigenvalue weighted by molar-refractivity contribution is 0.177. The number of piperidine rings is 1. The van der Waals surface area contributed by atoms with Crippen molar-refractivity contribution in [2.24, 2.45) is 5.92 Å². The van der Waals surface area contributed by atoms with Crippen molar-refractivity contribution in [3.05, 3.63) is 65.0 Å². The third-order valence-electron chi connectivity index (χ3n) is 5.25. The zero-order valence-corrected chi connectivity index (χ0v) is 16.1. The second-order valence-corrected chi connectivity index (χ2v) is 7.42. The van der Waals surface area contributed by atoms with Crippen LogP contribution in [0.4, 0.5) is 14.9 Å². The molecule has 0 radical (unpaired) electrons. The number of anilines is 1. The smallest absolute Gasteiger partial charge is 0.318 e. The SMILES string of the molecule is CNC(=O)Nc1ccc(C)cc1CN1CCC(Cc2cccc(F)c2)CC1. The molecule has 1 aliphatic rings. The van der Waals surface area contributed by atoms with Crippen molar-refractivity contribution in [2.45, 2.75) is 32.7 Å². The number of nitrogens with zero attached hydrogens (tertiary/aromatic N) is 1. The topological polar surface area (TPSA) is 44.4 Å². The van der Waals surface area contributed by atoms with Crippen LogP contribution in [-0.4, -0.2) is 31.1 Å². The van der Waals surface area contributed by atoms with E-state index in [9.17, 15) is 9.18 Å². The average Bonchev–Trinajstić information content (AvgIpc) is 2.65. The first-order valence-electron chi connectivity index (χ1n) is 9.58. The molecule has 1 saturated heterocycles. The van der Waals surface area contributed by atoms with Crippen LogP contribution >= 0.6 is 0 Å². The Morgan fingerprint density at radius 3 is 2.67 bits per heavy atom. The summed E-state index contributed by atoms with van der Waals surface area (Å²) in [5, 5.41) is 5.51. The van der Waals surface area contributed by atoms with Gasteiger partial charge >= 0.3 is 6.03 Å². The highest BCUT2D eigenvalue weighted by atomic mass is 19.1. The minimum Gasteiger partial charge on any atom is -0.341 e. The van der Waals surface area contributed by atoms with Crippen LogP contribution in [0.5, 0.6) is 0 Å². The lowest BCUT2D eigenvalue weighted by Crippen LogP contribution is -2.34. The van der Waals surface area contributed by atoms with Crippen molar-refractivity contribution >= 4 is 11.7 Å². The standard InChI is InChI=1S/C22H28FN3O/c1-16-6-7-21(25-22(27)24-2)19(12-16)15-26-10-8-17(9-11-26)13-18-4-3-5-20(23)14-18/h3-7,12,14,17H,8-11,13,15H2,1-2H3,(H2,24,25,27). The lowest BCUT2D eigenvalue weighted by atomic mass is 9.90. The van der Waals surface area contributed by atoms with Gasteiger partial charge in [0.25, 0.3) is 0 Å². The molecule has 1 heterocycles. The zero-order chi connectivity index (χ0) is 19.2. The molecule has 0 aromatic heterocycles. The maximum absolute atomic E-state index is 13.4. The van der Waals surface area contributed by atoms with E-state index >= 15 is 0 Å². The molecule has 2 N–H and O–H groups in total. The third kappa shape index (κ3) is 5.54. The van der Waals surface area contributed by atoms with E-state index in [0.29, 0.717) is 5.92 Å². The van der Waals surface area contributed by atoms with E-state index in [1.54, 1.807) is 19.2 Å². The van der Waals surface area contributed by atoms with E-state index in [2.05, 4.69) is 28.5 Å². The number of carbonyl (C=O) groups excluding carboxylic acids is 1. The summed E-state index contributed by atoms with van der Waals surface area (Å²) in [6.07, 6.45) is 3.17. The number of halogens is 1. The summed E-state index contributed by atoms with van der Waals surface area (Å²) in [5.74, 6) is 0.449. The molecule has 27 heavy (non-hydrogen) atoms. The number of rotatable bonds is 5. The van der Waals surface area contributed by atoms with E-state index < -0.39 is 0 Å². The molecule has 1 fully saturated rings. The Labute approximate surface area is 160 Å². The summed E-state index contributed by atoms with van der Waals surface area (Å²) in [6.45, 7) is 4.94. The van der Waals surface area contributed by atoms with Crippen molar-refractivity contribution in [1.29, 1.82) is 0 Å². The molecule has 5 heteroatoms. The van der Waals surface area contributed by atoms with E-state index in [-0.39, 0.29) is 11.8 Å². The quantitative estimate of drug-likeness (QED) is 0.823. The van der Waals surface area contributed by atoms with Gasteiger partial charge in [0, 0.05) is 19.3 Å². The maximum Gasteiger partial charge on any atom is 0.318 e. The van der Waals surface area contributed by atoms with Gasteiger partial charge in [-0.25, -0.2) is 9.18 Å². The van der Waals surface area contributed by atoms with Crippen LogP contribution < -0.4 is 10.6 Å². The van der Waals surface area contributed by atoms with Crippen LogP contribution in [0.1, 0.15) is 29.5 Å². The van der Waals surface area contributed by atoms with Crippen molar-refractivity contribution < 1.29 is 9.18 Å². The molecule has 0 aliphatic carbocycles. The van der Waals surface area contributed by atoms with Crippen LogP contribution in [0, 0.1) is 18.7 Å². The van der Waals surface area contributed by atoms with Gasteiger partial charge in [-0.05, 0) is 74.5 Å². The van der Waals surface area contributed by atoms with Crippen LogP contribution in [0.3, 0.4) is 0 Å². The summed E-state index contributed by atoms with van der Waals surface area (Å²) in [4.78, 5) is 14.1. The number of aryl methyl sites for hydroxylation is 1. The minimum atomic E-state index is -0.200. The fourth-order valence-electron chi connectivity index (χ4n) is 3.75. The van der Waals surface area contributed by atoms with Gasteiger partial charge in [-0.3, -0.25) is 4.90 Å². The van der Waals surface area contributed by atoms with Crippen molar-refractivity contribution in [2.75, 3.05) is 25.5 Å². The highest BCUT2D eigenvalue weighted by molar-refractivity contribution is 5.89. The Morgan fingerprint density at radius 1 is 1.19 bits per heavy atom. The molecule has 2 aromatic carbocycles. The van der Waals surface area contributed by atoms with Gasteiger partial charge in [0.1, 0.15) is 5.82 Å². The summed E-state index contributed by atoms with van der Waals surface area (Å²) in [5.41, 5.74) is 4.28. The van der Waals surface area contributed by atoms with Gasteiger partial charge in [0.2, 0.25) is 0 Å². The molecule has 0 saturated carbocycles. The Hall–Kier alpha value is -2.40. The number of hydrogen-bond acceptors (Lipinski definition) is 2. The van der Waals surface area contributed by atoms with Crippen molar-refractivity contribution in [3.8, 4) is 0 Å². The predicted molar refractivity (Wildman–Crippen MR) is 107 cm³/mol. The van der Waals surface area contributed by atoms with Crippen LogP contribution in [0.15, 0.2) is 42.5 Å². The fraction of sp³-hybridized carbons (Fsp3) is 0.409. The van der Waals surface area contributed by atoms with Crippen molar-refractivity contribution in [3.63, 3.8) is 0 Å². The summed E-state index contributed by atoms with van der Waals surface area (Å²) in [6, 6.07) is 12.9. The highest BCUT2D eigenvalue weighted by Gasteiger charge is 2.20. The van der Waals surface area contributed by atoms with Gasteiger partial charge in [0.05, 0.1) is 0 Å². The van der Waals surface area contributed by atoms with Crippen LogP contribution in [-0.2, 0) is 13.0 Å². The van der Waals surface area contributed by atoms with Gasteiger partial charge in [-0.1, -0.05) is 29.8 Å². The number of benzene rings is 2. The molecule has 4 nitrogen and oxygen atoms in total. The third-order valence-corrected chi connectivity index (χ3v) is 5.25. The zero-order valence-electron chi connectivity index (χ0n) is 16.1. The molecule has 0 spiro atoms. The molecular weight excluding hydrogens is 341 g/mol. The number of urea groups is 1. The first-order chi connectivity index (χ1) is 13.0. The molecule has 2 amide bonds.